The number of aliphatic hydroxyl groups excluding tert-OH is 1. The van der Waals surface area contributed by atoms with Crippen LogP contribution in [-0.2, 0) is 52.4 Å². The van der Waals surface area contributed by atoms with Gasteiger partial charge in [-0.25, -0.2) is 14.6 Å². The Kier molecular flexibility index (Phi) is 16.4. The lowest BCUT2D eigenvalue weighted by atomic mass is 9.44. The lowest BCUT2D eigenvalue weighted by Gasteiger charge is -2.67. The van der Waals surface area contributed by atoms with Crippen LogP contribution in [0, 0.1) is 16.7 Å². The smallest absolute Gasteiger partial charge is 0.338 e. The molecule has 3 aliphatic carbocycles. The Hall–Kier alpha value is -6.38. The third kappa shape index (κ3) is 10.7. The minimum atomic E-state index is -2.46. The van der Waals surface area contributed by atoms with Gasteiger partial charge in [0.05, 0.1) is 29.5 Å². The zero-order chi connectivity index (χ0) is 53.9. The fourth-order valence-electron chi connectivity index (χ4n) is 11.3. The molecule has 2 heterocycles. The first-order chi connectivity index (χ1) is 35.7. The van der Waals surface area contributed by atoms with E-state index in [4.69, 9.17) is 28.4 Å². The van der Waals surface area contributed by atoms with E-state index in [0.29, 0.717) is 17.7 Å². The van der Waals surface area contributed by atoms with E-state index >= 15 is 4.79 Å². The zero-order valence-electron chi connectivity index (χ0n) is 42.3. The van der Waals surface area contributed by atoms with Gasteiger partial charge in [-0.15, -0.1) is 0 Å². The molecule has 1 amide bonds. The summed E-state index contributed by atoms with van der Waals surface area (Å²) in [6.45, 7) is 8.02. The van der Waals surface area contributed by atoms with Gasteiger partial charge in [-0.05, 0) is 84.2 Å². The number of nitrogens with one attached hydrogen (secondary N) is 1. The van der Waals surface area contributed by atoms with Gasteiger partial charge < -0.3 is 44.0 Å². The van der Waals surface area contributed by atoms with Crippen LogP contribution in [0.15, 0.2) is 132 Å². The average molecular weight is 1070 g/mol. The topological polar surface area (TPSA) is 240 Å². The Morgan fingerprint density at radius 1 is 0.827 bits per heavy atom. The number of aliphatic hydroxyl groups is 2. The predicted octanol–water partition coefficient (Wildman–Crippen LogP) is 6.90. The van der Waals surface area contributed by atoms with Crippen LogP contribution in [0.2, 0.25) is 0 Å². The average Bonchev–Trinajstić information content (AvgIpc) is 3.39. The largest absolute Gasteiger partial charge is 0.461 e. The van der Waals surface area contributed by atoms with Crippen LogP contribution in [0.4, 0.5) is 0 Å². The summed E-state index contributed by atoms with van der Waals surface area (Å²) >= 11 is 0. The molecule has 17 nitrogen and oxygen atoms in total. The predicted molar refractivity (Wildman–Crippen MR) is 273 cm³/mol. The van der Waals surface area contributed by atoms with Crippen LogP contribution in [0.3, 0.4) is 0 Å². The maximum absolute atomic E-state index is 16.3. The second kappa shape index (κ2) is 22.5. The highest BCUT2D eigenvalue weighted by Gasteiger charge is 2.79. The highest BCUT2D eigenvalue weighted by molar-refractivity contribution is 8.76. The van der Waals surface area contributed by atoms with Crippen molar-refractivity contribution in [2.45, 2.75) is 126 Å². The molecular formula is C56H60N2O15S2. The molecular weight excluding hydrogens is 1000 g/mol. The number of pyridine rings is 1. The number of aromatic nitrogens is 1. The van der Waals surface area contributed by atoms with Crippen molar-refractivity contribution in [1.82, 2.24) is 10.3 Å². The Morgan fingerprint density at radius 2 is 1.47 bits per heavy atom. The highest BCUT2D eigenvalue weighted by Crippen LogP contribution is 2.65. The van der Waals surface area contributed by atoms with Crippen molar-refractivity contribution in [3.63, 3.8) is 0 Å². The molecule has 2 bridgehead atoms. The van der Waals surface area contributed by atoms with E-state index in [2.05, 4.69) is 10.3 Å². The number of hydrogen-bond donors (Lipinski definition) is 3. The summed E-state index contributed by atoms with van der Waals surface area (Å²) in [4.78, 5) is 104. The van der Waals surface area contributed by atoms with Crippen molar-refractivity contribution in [3.8, 4) is 0 Å². The van der Waals surface area contributed by atoms with Crippen molar-refractivity contribution < 1.29 is 72.2 Å². The maximum Gasteiger partial charge on any atom is 0.338 e. The first-order valence-corrected chi connectivity index (χ1v) is 27.0. The molecule has 4 aromatic rings. The molecule has 8 rings (SSSR count). The van der Waals surface area contributed by atoms with E-state index in [0.717, 1.165) is 18.9 Å². The van der Waals surface area contributed by atoms with Gasteiger partial charge in [0.1, 0.15) is 35.0 Å². The molecule has 0 radical (unpaired) electrons. The summed E-state index contributed by atoms with van der Waals surface area (Å²) in [6, 6.07) is 28.5. The lowest BCUT2D eigenvalue weighted by Crippen LogP contribution is -2.82. The van der Waals surface area contributed by atoms with Crippen LogP contribution >= 0.6 is 21.6 Å². The van der Waals surface area contributed by atoms with Gasteiger partial charge in [-0.2, -0.15) is 0 Å². The standard InChI is InChI=1S/C56H60N2O15S2/c1-32-38(70-52(66)45(62)44(35-19-10-7-11-20-35)58-50(64)36-21-12-8-13-22-36)30-56(67)49(72-51(65)37-23-14-9-15-24-37)47-54(6,48(63)46(69-33(2)59)43(32)53(56,4)5)39(29-40-55(47,31-68-40)73-34(3)60)71-42(61)26-18-28-74-75-41-25-16-17-27-57-41/h7-17,19-25,27,38-40,44-47,49,62,67H,18,26,28-31H2,1-6H3,(H,58,64)/t38-,39-,40+,44-,45+,46+,47-,49-,54+,55-,56+/m0/s1. The minimum absolute atomic E-state index is 0.0257. The van der Waals surface area contributed by atoms with Crippen molar-refractivity contribution in [3.05, 3.63) is 143 Å². The Balaban J connectivity index is 1.24. The molecule has 2 saturated carbocycles. The summed E-state index contributed by atoms with van der Waals surface area (Å²) in [7, 11) is 2.94. The zero-order valence-corrected chi connectivity index (χ0v) is 43.9. The minimum Gasteiger partial charge on any atom is -0.461 e. The number of Topliss-reactive ketones (excluding diaryl/α,β-unsaturated/α-hetero) is 1. The number of rotatable bonds is 17. The van der Waals surface area contributed by atoms with Crippen LogP contribution in [0.1, 0.15) is 99.5 Å². The third-order valence-electron chi connectivity index (χ3n) is 15.1. The second-order valence-corrected chi connectivity index (χ2v) is 22.4. The number of carbonyl (C=O) groups excluding carboxylic acids is 7. The van der Waals surface area contributed by atoms with Crippen molar-refractivity contribution >= 4 is 63.1 Å². The van der Waals surface area contributed by atoms with Crippen LogP contribution in [0.5, 0.6) is 0 Å². The molecule has 3 fully saturated rings. The van der Waals surface area contributed by atoms with Gasteiger partial charge in [0.25, 0.3) is 5.91 Å². The van der Waals surface area contributed by atoms with Crippen molar-refractivity contribution in [2.75, 3.05) is 12.4 Å². The fourth-order valence-corrected chi connectivity index (χ4v) is 13.3. The number of amides is 1. The number of ketones is 1. The van der Waals surface area contributed by atoms with E-state index in [1.165, 1.54) is 47.6 Å². The van der Waals surface area contributed by atoms with E-state index in [1.807, 2.05) is 18.2 Å². The Bertz CT molecular complexity index is 2820. The maximum atomic E-state index is 16.3. The molecule has 1 aliphatic heterocycles. The number of esters is 5. The molecule has 3 aromatic carbocycles. The van der Waals surface area contributed by atoms with Crippen molar-refractivity contribution in [1.29, 1.82) is 0 Å². The summed E-state index contributed by atoms with van der Waals surface area (Å²) in [5.74, 6) is -7.17. The number of ether oxygens (including phenoxy) is 6. The van der Waals surface area contributed by atoms with Crippen molar-refractivity contribution in [2.24, 2.45) is 16.7 Å². The molecule has 0 spiro atoms. The SMILES string of the molecule is CC(=O)O[C@H]1C(=O)[C@]2(C)[C@@H](OC(=O)CCCSSc3ccccn3)C[C@H]3OC[C@@]3(OC(C)=O)[C@H]2[C@H](OC(=O)c2ccccc2)[C@]2(O)C[C@H](OC(=O)[C@H](O)[C@@H](NC(=O)c3ccccc3)c3ccccc3)C(C)=C1C2(C)C. The number of carbonyl (C=O) groups is 7. The van der Waals surface area contributed by atoms with Gasteiger partial charge in [0.2, 0.25) is 0 Å². The first kappa shape index (κ1) is 54.9. The summed E-state index contributed by atoms with van der Waals surface area (Å²) in [5, 5.41) is 29.6. The van der Waals surface area contributed by atoms with E-state index < -0.39 is 119 Å². The number of nitrogens with zero attached hydrogens (tertiary/aromatic N) is 1. The summed E-state index contributed by atoms with van der Waals surface area (Å²) < 4.78 is 37.5. The number of benzene rings is 3. The molecule has 11 atom stereocenters. The third-order valence-corrected chi connectivity index (χ3v) is 17.5. The van der Waals surface area contributed by atoms with Crippen LogP contribution in [0.25, 0.3) is 0 Å². The molecule has 75 heavy (non-hydrogen) atoms. The van der Waals surface area contributed by atoms with E-state index in [9.17, 15) is 39.0 Å². The number of fused-ring (bicyclic) bond motifs is 5. The van der Waals surface area contributed by atoms with Gasteiger partial charge in [-0.1, -0.05) is 97.4 Å². The summed E-state index contributed by atoms with van der Waals surface area (Å²) in [6.07, 6.45) is -8.71. The molecule has 19 heteroatoms. The van der Waals surface area contributed by atoms with Crippen LogP contribution in [-0.4, -0.2) is 117 Å². The van der Waals surface area contributed by atoms with E-state index in [-0.39, 0.29) is 41.7 Å². The molecule has 3 N–H and O–H groups in total. The lowest BCUT2D eigenvalue weighted by molar-refractivity contribution is -0.346. The Labute approximate surface area is 442 Å². The molecule has 1 saturated heterocycles. The number of hydrogen-bond acceptors (Lipinski definition) is 18. The molecule has 1 aromatic heterocycles. The van der Waals surface area contributed by atoms with E-state index in [1.54, 1.807) is 98.9 Å². The normalized spacial score (nSPS) is 28.2. The van der Waals surface area contributed by atoms with Gasteiger partial charge in [-0.3, -0.25) is 24.0 Å². The van der Waals surface area contributed by atoms with Crippen LogP contribution < -0.4 is 5.32 Å². The molecule has 4 aliphatic rings. The first-order valence-electron chi connectivity index (χ1n) is 24.6. The molecule has 396 valence electrons. The molecule has 0 unspecified atom stereocenters. The summed E-state index contributed by atoms with van der Waals surface area (Å²) in [5.41, 5.74) is -7.38. The Morgan fingerprint density at radius 3 is 2.07 bits per heavy atom. The van der Waals surface area contributed by atoms with Gasteiger partial charge >= 0.3 is 29.8 Å². The highest BCUT2D eigenvalue weighted by atomic mass is 33.1. The van der Waals surface area contributed by atoms with Gasteiger partial charge in [0.15, 0.2) is 23.6 Å². The monoisotopic (exact) mass is 1060 g/mol. The quantitative estimate of drug-likeness (QED) is 0.0320. The van der Waals surface area contributed by atoms with Gasteiger partial charge in [0, 0.05) is 56.0 Å². The fraction of sp³-hybridized carbons (Fsp3) is 0.429. The second-order valence-electron chi connectivity index (χ2n) is 20.0.